The molecule has 104 valence electrons. The van der Waals surface area contributed by atoms with Crippen molar-refractivity contribution in [3.8, 4) is 0 Å². The second-order valence-corrected chi connectivity index (χ2v) is 5.70. The van der Waals surface area contributed by atoms with Gasteiger partial charge in [0.15, 0.2) is 0 Å². The van der Waals surface area contributed by atoms with Gasteiger partial charge in [-0.3, -0.25) is 14.9 Å². The van der Waals surface area contributed by atoms with Gasteiger partial charge in [0.1, 0.15) is 0 Å². The van der Waals surface area contributed by atoms with Gasteiger partial charge < -0.3 is 11.1 Å². The molecule has 1 rings (SSSR count). The first-order valence-electron chi connectivity index (χ1n) is 5.69. The van der Waals surface area contributed by atoms with Gasteiger partial charge in [-0.25, -0.2) is 0 Å². The van der Waals surface area contributed by atoms with Crippen LogP contribution in [0.5, 0.6) is 0 Å². The largest absolute Gasteiger partial charge is 0.350 e. The molecule has 0 bridgehead atoms. The normalized spacial score (nSPS) is 11.2. The van der Waals surface area contributed by atoms with Crippen LogP contribution in [0.1, 0.15) is 19.4 Å². The number of carbonyl (C=O) groups is 1. The highest BCUT2D eigenvalue weighted by Gasteiger charge is 2.19. The summed E-state index contributed by atoms with van der Waals surface area (Å²) >= 11 is 3.23. The van der Waals surface area contributed by atoms with E-state index in [1.807, 2.05) is 13.8 Å². The highest BCUT2D eigenvalue weighted by Crippen LogP contribution is 2.23. The SMILES string of the molecule is CC(C)(CN)NC(=O)Cc1ccc([N+](=O)[O-])cc1Br. The third kappa shape index (κ3) is 4.60. The van der Waals surface area contributed by atoms with E-state index in [0.717, 1.165) is 0 Å². The van der Waals surface area contributed by atoms with Gasteiger partial charge in [0.05, 0.1) is 11.3 Å². The maximum absolute atomic E-state index is 11.8. The molecule has 19 heavy (non-hydrogen) atoms. The van der Waals surface area contributed by atoms with Gasteiger partial charge in [0.2, 0.25) is 5.91 Å². The van der Waals surface area contributed by atoms with Crippen LogP contribution in [-0.4, -0.2) is 22.9 Å². The van der Waals surface area contributed by atoms with E-state index in [4.69, 9.17) is 5.73 Å². The zero-order valence-corrected chi connectivity index (χ0v) is 12.4. The molecule has 0 atom stereocenters. The minimum Gasteiger partial charge on any atom is -0.350 e. The zero-order valence-electron chi connectivity index (χ0n) is 10.8. The van der Waals surface area contributed by atoms with Gasteiger partial charge in [0, 0.05) is 28.7 Å². The van der Waals surface area contributed by atoms with Crippen molar-refractivity contribution in [1.29, 1.82) is 0 Å². The van der Waals surface area contributed by atoms with Crippen molar-refractivity contribution < 1.29 is 9.72 Å². The van der Waals surface area contributed by atoms with Crippen LogP contribution in [0.15, 0.2) is 22.7 Å². The molecule has 1 amide bonds. The molecule has 0 fully saturated rings. The van der Waals surface area contributed by atoms with Crippen molar-refractivity contribution in [1.82, 2.24) is 5.32 Å². The highest BCUT2D eigenvalue weighted by atomic mass is 79.9. The molecule has 1 aromatic carbocycles. The van der Waals surface area contributed by atoms with Crippen molar-refractivity contribution in [2.75, 3.05) is 6.54 Å². The van der Waals surface area contributed by atoms with Crippen LogP contribution in [0.3, 0.4) is 0 Å². The first-order valence-corrected chi connectivity index (χ1v) is 6.48. The summed E-state index contributed by atoms with van der Waals surface area (Å²) in [6.45, 7) is 3.99. The van der Waals surface area contributed by atoms with Crippen molar-refractivity contribution in [3.05, 3.63) is 38.3 Å². The molecule has 0 radical (unpaired) electrons. The number of nitrogens with one attached hydrogen (secondary N) is 1. The smallest absolute Gasteiger partial charge is 0.270 e. The van der Waals surface area contributed by atoms with E-state index in [0.29, 0.717) is 16.6 Å². The van der Waals surface area contributed by atoms with Crippen LogP contribution in [0.25, 0.3) is 0 Å². The van der Waals surface area contributed by atoms with E-state index >= 15 is 0 Å². The number of amides is 1. The lowest BCUT2D eigenvalue weighted by Crippen LogP contribution is -2.49. The fraction of sp³-hybridized carbons (Fsp3) is 0.417. The molecular weight excluding hydrogens is 314 g/mol. The molecule has 0 unspecified atom stereocenters. The lowest BCUT2D eigenvalue weighted by atomic mass is 10.0. The maximum atomic E-state index is 11.8. The average molecular weight is 330 g/mol. The molecule has 6 nitrogen and oxygen atoms in total. The Kier molecular flexibility index (Phi) is 5.02. The summed E-state index contributed by atoms with van der Waals surface area (Å²) in [7, 11) is 0. The standard InChI is InChI=1S/C12H16BrN3O3/c1-12(2,7-14)15-11(17)5-8-3-4-9(16(18)19)6-10(8)13/h3-4,6H,5,7,14H2,1-2H3,(H,15,17). The Morgan fingerprint density at radius 1 is 1.53 bits per heavy atom. The highest BCUT2D eigenvalue weighted by molar-refractivity contribution is 9.10. The average Bonchev–Trinajstić information content (AvgIpc) is 2.30. The van der Waals surface area contributed by atoms with Gasteiger partial charge in [-0.15, -0.1) is 0 Å². The van der Waals surface area contributed by atoms with Gasteiger partial charge in [-0.1, -0.05) is 22.0 Å². The topological polar surface area (TPSA) is 98.3 Å². The van der Waals surface area contributed by atoms with Crippen molar-refractivity contribution >= 4 is 27.5 Å². The quantitative estimate of drug-likeness (QED) is 0.635. The number of carbonyl (C=O) groups excluding carboxylic acids is 1. The van der Waals surface area contributed by atoms with E-state index in [1.165, 1.54) is 12.1 Å². The summed E-state index contributed by atoms with van der Waals surface area (Å²) < 4.78 is 0.544. The second kappa shape index (κ2) is 6.12. The minimum absolute atomic E-state index is 0.0154. The Hall–Kier alpha value is -1.47. The molecule has 0 aromatic heterocycles. The Balaban J connectivity index is 2.78. The molecule has 0 heterocycles. The predicted octanol–water partition coefficient (Wildman–Crippen LogP) is 1.75. The van der Waals surface area contributed by atoms with E-state index in [9.17, 15) is 14.9 Å². The van der Waals surface area contributed by atoms with Crippen LogP contribution in [0.2, 0.25) is 0 Å². The van der Waals surface area contributed by atoms with Gasteiger partial charge in [-0.2, -0.15) is 0 Å². The molecule has 0 saturated carbocycles. The summed E-state index contributed by atoms with van der Waals surface area (Å²) in [4.78, 5) is 22.0. The summed E-state index contributed by atoms with van der Waals surface area (Å²) in [5.41, 5.74) is 5.74. The number of benzene rings is 1. The van der Waals surface area contributed by atoms with Crippen LogP contribution in [0, 0.1) is 10.1 Å². The first-order chi connectivity index (χ1) is 8.75. The molecule has 0 aliphatic rings. The number of halogens is 1. The molecule has 0 saturated heterocycles. The molecule has 0 aliphatic heterocycles. The van der Waals surface area contributed by atoms with Gasteiger partial charge in [-0.05, 0) is 19.4 Å². The summed E-state index contributed by atoms with van der Waals surface area (Å²) in [6, 6.07) is 4.33. The number of nitro benzene ring substituents is 1. The summed E-state index contributed by atoms with van der Waals surface area (Å²) in [5.74, 6) is -0.176. The number of nitrogens with zero attached hydrogens (tertiary/aromatic N) is 1. The van der Waals surface area contributed by atoms with Crippen LogP contribution < -0.4 is 11.1 Å². The molecule has 0 spiro atoms. The predicted molar refractivity (Wildman–Crippen MR) is 75.8 cm³/mol. The second-order valence-electron chi connectivity index (χ2n) is 4.85. The number of hydrogen-bond donors (Lipinski definition) is 2. The fourth-order valence-corrected chi connectivity index (χ4v) is 1.95. The van der Waals surface area contributed by atoms with E-state index in [2.05, 4.69) is 21.2 Å². The Labute approximate surface area is 119 Å². The third-order valence-electron chi connectivity index (χ3n) is 2.59. The molecule has 7 heteroatoms. The Bertz CT molecular complexity index is 503. The van der Waals surface area contributed by atoms with Crippen molar-refractivity contribution in [2.45, 2.75) is 25.8 Å². The van der Waals surface area contributed by atoms with Crippen molar-refractivity contribution in [3.63, 3.8) is 0 Å². The maximum Gasteiger partial charge on any atom is 0.270 e. The number of nitrogens with two attached hydrogens (primary N) is 1. The van der Waals surface area contributed by atoms with Crippen LogP contribution in [-0.2, 0) is 11.2 Å². The van der Waals surface area contributed by atoms with E-state index < -0.39 is 10.5 Å². The van der Waals surface area contributed by atoms with E-state index in [1.54, 1.807) is 6.07 Å². The molecular formula is C12H16BrN3O3. The summed E-state index contributed by atoms with van der Waals surface area (Å²) in [5, 5.41) is 13.4. The number of non-ortho nitro benzene ring substituents is 1. The zero-order chi connectivity index (χ0) is 14.6. The lowest BCUT2D eigenvalue weighted by Gasteiger charge is -2.24. The third-order valence-corrected chi connectivity index (χ3v) is 3.32. The Morgan fingerprint density at radius 3 is 2.63 bits per heavy atom. The lowest BCUT2D eigenvalue weighted by molar-refractivity contribution is -0.384. The number of rotatable bonds is 5. The van der Waals surface area contributed by atoms with Gasteiger partial charge in [0.25, 0.3) is 5.69 Å². The molecule has 3 N–H and O–H groups in total. The Morgan fingerprint density at radius 2 is 2.16 bits per heavy atom. The van der Waals surface area contributed by atoms with Crippen LogP contribution >= 0.6 is 15.9 Å². The monoisotopic (exact) mass is 329 g/mol. The fourth-order valence-electron chi connectivity index (χ4n) is 1.44. The molecule has 1 aromatic rings. The first kappa shape index (κ1) is 15.6. The van der Waals surface area contributed by atoms with E-state index in [-0.39, 0.29) is 18.0 Å². The van der Waals surface area contributed by atoms with Crippen LogP contribution in [0.4, 0.5) is 5.69 Å². The number of nitro groups is 1. The molecule has 0 aliphatic carbocycles. The number of hydrogen-bond acceptors (Lipinski definition) is 4. The minimum atomic E-state index is -0.480. The summed E-state index contributed by atoms with van der Waals surface area (Å²) in [6.07, 6.45) is 0.141. The van der Waals surface area contributed by atoms with Crippen molar-refractivity contribution in [2.24, 2.45) is 5.73 Å². The van der Waals surface area contributed by atoms with Gasteiger partial charge >= 0.3 is 0 Å².